The third kappa shape index (κ3) is 3.83. The number of hydrogen-bond donors (Lipinski definition) is 2. The molecule has 1 unspecified atom stereocenters. The number of hydrogen-bond acceptors (Lipinski definition) is 7. The molecular formula is C17H12N4O4S2. The lowest BCUT2D eigenvalue weighted by Gasteiger charge is -2.00. The molecule has 136 valence electrons. The second-order valence-electron chi connectivity index (χ2n) is 5.47. The molecule has 0 bridgehead atoms. The first-order chi connectivity index (χ1) is 13.1. The summed E-state index contributed by atoms with van der Waals surface area (Å²) in [5.41, 5.74) is 2.82. The number of benzene rings is 2. The first-order valence-electron chi connectivity index (χ1n) is 7.77. The molecule has 2 aromatic heterocycles. The second-order valence-corrected chi connectivity index (χ2v) is 7.29. The Kier molecular flexibility index (Phi) is 4.86. The van der Waals surface area contributed by atoms with Gasteiger partial charge in [-0.25, -0.2) is 13.9 Å². The maximum Gasteiger partial charge on any atom is 0.291 e. The predicted octanol–water partition coefficient (Wildman–Crippen LogP) is 2.80. The largest absolute Gasteiger partial charge is 0.417 e. The van der Waals surface area contributed by atoms with Gasteiger partial charge in [-0.05, 0) is 23.3 Å². The van der Waals surface area contributed by atoms with E-state index in [2.05, 4.69) is 19.9 Å². The smallest absolute Gasteiger partial charge is 0.291 e. The number of ketones is 1. The molecule has 2 aromatic carbocycles. The van der Waals surface area contributed by atoms with E-state index < -0.39 is 17.0 Å². The molecule has 4 aromatic rings. The van der Waals surface area contributed by atoms with E-state index in [1.165, 1.54) is 11.3 Å². The summed E-state index contributed by atoms with van der Waals surface area (Å²) >= 11 is -0.961. The Labute approximate surface area is 159 Å². The Balaban J connectivity index is 1.60. The maximum absolute atomic E-state index is 12.5. The van der Waals surface area contributed by atoms with Crippen molar-refractivity contribution in [1.29, 1.82) is 0 Å². The van der Waals surface area contributed by atoms with Crippen molar-refractivity contribution in [2.75, 3.05) is 0 Å². The van der Waals surface area contributed by atoms with Gasteiger partial charge in [-0.1, -0.05) is 36.4 Å². The Morgan fingerprint density at radius 1 is 1.15 bits per heavy atom. The van der Waals surface area contributed by atoms with Crippen molar-refractivity contribution in [2.45, 2.75) is 6.54 Å². The minimum Gasteiger partial charge on any atom is -0.417 e. The zero-order chi connectivity index (χ0) is 18.8. The normalized spacial score (nSPS) is 12.3. The van der Waals surface area contributed by atoms with Crippen LogP contribution in [-0.2, 0) is 17.8 Å². The van der Waals surface area contributed by atoms with Crippen LogP contribution in [0.5, 0.6) is 0 Å². The predicted molar refractivity (Wildman–Crippen MR) is 100 cm³/mol. The van der Waals surface area contributed by atoms with Crippen LogP contribution in [0.1, 0.15) is 21.6 Å². The molecule has 0 spiro atoms. The van der Waals surface area contributed by atoms with Crippen LogP contribution in [-0.4, -0.2) is 29.7 Å². The van der Waals surface area contributed by atoms with E-state index in [0.717, 1.165) is 15.8 Å². The molecule has 0 aliphatic carbocycles. The number of carbonyl (C=O) groups excluding carboxylic acids is 1. The van der Waals surface area contributed by atoms with Crippen LogP contribution >= 0.6 is 11.3 Å². The van der Waals surface area contributed by atoms with Gasteiger partial charge in [0, 0.05) is 0 Å². The first kappa shape index (κ1) is 17.6. The van der Waals surface area contributed by atoms with Crippen LogP contribution in [0.4, 0.5) is 0 Å². The van der Waals surface area contributed by atoms with Gasteiger partial charge in [0.25, 0.3) is 11.7 Å². The average Bonchev–Trinajstić information content (AvgIpc) is 3.33. The molecule has 0 radical (unpaired) electrons. The summed E-state index contributed by atoms with van der Waals surface area (Å²) in [5.74, 6) is -0.660. The van der Waals surface area contributed by atoms with E-state index in [1.54, 1.807) is 0 Å². The summed E-state index contributed by atoms with van der Waals surface area (Å²) in [7, 11) is 0. The summed E-state index contributed by atoms with van der Waals surface area (Å²) in [4.78, 5) is 16.9. The number of thiazole rings is 1. The van der Waals surface area contributed by atoms with Crippen LogP contribution < -0.4 is 4.72 Å². The molecular weight excluding hydrogens is 388 g/mol. The minimum absolute atomic E-state index is 0.0354. The van der Waals surface area contributed by atoms with E-state index in [-0.39, 0.29) is 23.3 Å². The molecule has 8 nitrogen and oxygen atoms in total. The van der Waals surface area contributed by atoms with E-state index in [4.69, 9.17) is 8.97 Å². The SMILES string of the molecule is O=C(c1nnc(CNS(=O)O)o1)c1nc2ccc(-c3ccccc3)cc2s1. The van der Waals surface area contributed by atoms with Crippen molar-refractivity contribution in [3.63, 3.8) is 0 Å². The van der Waals surface area contributed by atoms with Gasteiger partial charge in [-0.15, -0.1) is 21.5 Å². The Bertz CT molecular complexity index is 1140. The number of nitrogens with zero attached hydrogens (tertiary/aromatic N) is 3. The van der Waals surface area contributed by atoms with Crippen LogP contribution in [0.25, 0.3) is 21.3 Å². The third-order valence-electron chi connectivity index (χ3n) is 3.70. The van der Waals surface area contributed by atoms with Crippen LogP contribution in [0.15, 0.2) is 52.9 Å². The highest BCUT2D eigenvalue weighted by molar-refractivity contribution is 7.77. The number of aromatic nitrogens is 3. The van der Waals surface area contributed by atoms with E-state index in [9.17, 15) is 9.00 Å². The minimum atomic E-state index is -2.21. The topological polar surface area (TPSA) is 118 Å². The fourth-order valence-electron chi connectivity index (χ4n) is 2.46. The van der Waals surface area contributed by atoms with E-state index in [0.29, 0.717) is 5.52 Å². The van der Waals surface area contributed by atoms with Gasteiger partial charge in [-0.3, -0.25) is 9.35 Å². The van der Waals surface area contributed by atoms with Gasteiger partial charge < -0.3 is 4.42 Å². The molecule has 10 heteroatoms. The fourth-order valence-corrected chi connectivity index (χ4v) is 3.65. The van der Waals surface area contributed by atoms with Crippen molar-refractivity contribution < 1.29 is 18.0 Å². The number of rotatable bonds is 6. The number of nitrogens with one attached hydrogen (secondary N) is 1. The molecule has 2 heterocycles. The molecule has 2 N–H and O–H groups in total. The summed E-state index contributed by atoms with van der Waals surface area (Å²) < 4.78 is 27.6. The van der Waals surface area contributed by atoms with E-state index in [1.807, 2.05) is 48.5 Å². The van der Waals surface area contributed by atoms with Gasteiger partial charge in [-0.2, -0.15) is 0 Å². The Hall–Kier alpha value is -2.79. The summed E-state index contributed by atoms with van der Waals surface area (Å²) in [6.07, 6.45) is 0. The van der Waals surface area contributed by atoms with Gasteiger partial charge in [0.15, 0.2) is 5.01 Å². The lowest BCUT2D eigenvalue weighted by atomic mass is 10.1. The summed E-state index contributed by atoms with van der Waals surface area (Å²) in [6.45, 7) is -0.121. The summed E-state index contributed by atoms with van der Waals surface area (Å²) in [6, 6.07) is 15.7. The quantitative estimate of drug-likeness (QED) is 0.377. The monoisotopic (exact) mass is 400 g/mol. The maximum atomic E-state index is 12.5. The Morgan fingerprint density at radius 2 is 1.96 bits per heavy atom. The fraction of sp³-hybridized carbons (Fsp3) is 0.0588. The molecule has 4 rings (SSSR count). The Morgan fingerprint density at radius 3 is 2.74 bits per heavy atom. The third-order valence-corrected chi connectivity index (χ3v) is 5.11. The molecule has 0 amide bonds. The van der Waals surface area contributed by atoms with E-state index >= 15 is 0 Å². The molecule has 0 saturated heterocycles. The molecule has 0 saturated carbocycles. The van der Waals surface area contributed by atoms with Crippen LogP contribution in [0.3, 0.4) is 0 Å². The van der Waals surface area contributed by atoms with Crippen LogP contribution in [0, 0.1) is 0 Å². The summed E-state index contributed by atoms with van der Waals surface area (Å²) in [5, 5.41) is 7.60. The van der Waals surface area contributed by atoms with Crippen molar-refractivity contribution in [3.05, 3.63) is 65.3 Å². The zero-order valence-corrected chi connectivity index (χ0v) is 15.3. The zero-order valence-electron chi connectivity index (χ0n) is 13.7. The lowest BCUT2D eigenvalue weighted by Crippen LogP contribution is -2.15. The van der Waals surface area contributed by atoms with Crippen molar-refractivity contribution in [2.24, 2.45) is 0 Å². The van der Waals surface area contributed by atoms with Gasteiger partial charge in [0.2, 0.25) is 17.2 Å². The van der Waals surface area contributed by atoms with Crippen molar-refractivity contribution >= 4 is 38.6 Å². The standard InChI is InChI=1S/C17H12N4O4S2/c22-15(16-21-20-14(25-16)9-18-27(23)24)17-19-12-7-6-11(8-13(12)26-17)10-4-2-1-3-5-10/h1-8,18H,9H2,(H,23,24). The van der Waals surface area contributed by atoms with Crippen molar-refractivity contribution in [1.82, 2.24) is 19.9 Å². The number of carbonyl (C=O) groups is 1. The van der Waals surface area contributed by atoms with Crippen molar-refractivity contribution in [3.8, 4) is 11.1 Å². The highest BCUT2D eigenvalue weighted by atomic mass is 32.2. The van der Waals surface area contributed by atoms with Gasteiger partial charge >= 0.3 is 0 Å². The van der Waals surface area contributed by atoms with Crippen LogP contribution in [0.2, 0.25) is 0 Å². The molecule has 0 aliphatic heterocycles. The highest BCUT2D eigenvalue weighted by Crippen LogP contribution is 2.29. The molecule has 1 atom stereocenters. The number of fused-ring (bicyclic) bond motifs is 1. The van der Waals surface area contributed by atoms with Gasteiger partial charge in [0.1, 0.15) is 0 Å². The van der Waals surface area contributed by atoms with Gasteiger partial charge in [0.05, 0.1) is 16.8 Å². The molecule has 0 aliphatic rings. The first-order valence-corrected chi connectivity index (χ1v) is 9.70. The molecule has 27 heavy (non-hydrogen) atoms. The lowest BCUT2D eigenvalue weighted by molar-refractivity contribution is 0.100. The average molecular weight is 400 g/mol. The second kappa shape index (κ2) is 7.45. The molecule has 0 fully saturated rings. The highest BCUT2D eigenvalue weighted by Gasteiger charge is 2.21.